The Morgan fingerprint density at radius 1 is 1.12 bits per heavy atom. The Morgan fingerprint density at radius 2 is 1.76 bits per heavy atom. The molecule has 0 aliphatic carbocycles. The van der Waals surface area contributed by atoms with E-state index in [-0.39, 0.29) is 36.9 Å². The third kappa shape index (κ3) is 5.56. The molecule has 1 heterocycles. The molecular weight excluding hydrogens is 504 g/mol. The number of nitrogens with one attached hydrogen (secondary N) is 1. The molecule has 0 bridgehead atoms. The summed E-state index contributed by atoms with van der Waals surface area (Å²) in [6.07, 6.45) is -4.33. The van der Waals surface area contributed by atoms with Crippen LogP contribution in [0.3, 0.4) is 0 Å². The second kappa shape index (κ2) is 9.69. The van der Waals surface area contributed by atoms with E-state index in [1.54, 1.807) is 19.1 Å². The van der Waals surface area contributed by atoms with E-state index in [4.69, 9.17) is 27.9 Å². The van der Waals surface area contributed by atoms with Gasteiger partial charge in [0.2, 0.25) is 15.9 Å². The molecular formula is C21H21Cl2F3N2O4S. The number of ether oxygens (including phenoxy) is 1. The van der Waals surface area contributed by atoms with Gasteiger partial charge in [-0.1, -0.05) is 23.2 Å². The van der Waals surface area contributed by atoms with Gasteiger partial charge in [-0.25, -0.2) is 8.42 Å². The van der Waals surface area contributed by atoms with Gasteiger partial charge in [-0.05, 0) is 49.6 Å². The largest absolute Gasteiger partial charge is 0.495 e. The highest BCUT2D eigenvalue weighted by molar-refractivity contribution is 7.89. The number of halogens is 5. The number of alkyl halides is 3. The zero-order valence-electron chi connectivity index (χ0n) is 17.7. The molecule has 1 amide bonds. The van der Waals surface area contributed by atoms with Crippen molar-refractivity contribution >= 4 is 44.8 Å². The molecule has 3 rings (SSSR count). The predicted octanol–water partition coefficient (Wildman–Crippen LogP) is 5.37. The number of hydrogen-bond acceptors (Lipinski definition) is 4. The Morgan fingerprint density at radius 3 is 2.33 bits per heavy atom. The van der Waals surface area contributed by atoms with Crippen LogP contribution in [0.2, 0.25) is 10.0 Å². The van der Waals surface area contributed by atoms with Gasteiger partial charge >= 0.3 is 6.18 Å². The summed E-state index contributed by atoms with van der Waals surface area (Å²) < 4.78 is 71.3. The fourth-order valence-electron chi connectivity index (χ4n) is 3.54. The molecule has 0 spiro atoms. The minimum atomic E-state index is -4.71. The van der Waals surface area contributed by atoms with Crippen LogP contribution in [-0.4, -0.2) is 38.8 Å². The van der Waals surface area contributed by atoms with Crippen molar-refractivity contribution in [1.29, 1.82) is 0 Å². The van der Waals surface area contributed by atoms with Crippen LogP contribution in [-0.2, 0) is 21.0 Å². The number of hydrogen-bond donors (Lipinski definition) is 1. The summed E-state index contributed by atoms with van der Waals surface area (Å²) in [4.78, 5) is 12.1. The molecule has 2 aromatic carbocycles. The molecule has 0 aromatic heterocycles. The molecule has 0 atom stereocenters. The van der Waals surface area contributed by atoms with Gasteiger partial charge in [-0.3, -0.25) is 4.79 Å². The predicted molar refractivity (Wildman–Crippen MR) is 119 cm³/mol. The highest BCUT2D eigenvalue weighted by atomic mass is 35.5. The van der Waals surface area contributed by atoms with E-state index in [0.29, 0.717) is 22.5 Å². The molecule has 6 nitrogen and oxygen atoms in total. The average molecular weight is 525 g/mol. The first kappa shape index (κ1) is 25.6. The maximum absolute atomic E-state index is 13.0. The number of carbonyl (C=O) groups is 1. The molecule has 1 N–H and O–H groups in total. The van der Waals surface area contributed by atoms with Gasteiger partial charge in [-0.2, -0.15) is 17.5 Å². The van der Waals surface area contributed by atoms with Gasteiger partial charge in [0.1, 0.15) is 10.6 Å². The maximum Gasteiger partial charge on any atom is 0.416 e. The molecule has 0 saturated carbocycles. The number of aryl methyl sites for hydroxylation is 1. The number of methoxy groups -OCH3 is 1. The Kier molecular flexibility index (Phi) is 7.52. The lowest BCUT2D eigenvalue weighted by Crippen LogP contribution is -2.41. The molecule has 1 aliphatic rings. The molecule has 33 heavy (non-hydrogen) atoms. The molecule has 1 saturated heterocycles. The summed E-state index contributed by atoms with van der Waals surface area (Å²) in [7, 11) is -2.83. The normalized spacial score (nSPS) is 16.0. The van der Waals surface area contributed by atoms with Crippen LogP contribution in [0.1, 0.15) is 24.0 Å². The van der Waals surface area contributed by atoms with Crippen molar-refractivity contribution in [1.82, 2.24) is 4.31 Å². The monoisotopic (exact) mass is 524 g/mol. The molecule has 2 aromatic rings. The van der Waals surface area contributed by atoms with E-state index in [9.17, 15) is 26.4 Å². The number of anilines is 1. The molecule has 1 aliphatic heterocycles. The van der Waals surface area contributed by atoms with Crippen molar-refractivity contribution < 1.29 is 31.1 Å². The first-order chi connectivity index (χ1) is 15.3. The lowest BCUT2D eigenvalue weighted by atomic mass is 9.97. The lowest BCUT2D eigenvalue weighted by molar-refractivity contribution is -0.137. The van der Waals surface area contributed by atoms with Gasteiger partial charge in [-0.15, -0.1) is 0 Å². The third-order valence-electron chi connectivity index (χ3n) is 5.44. The number of rotatable bonds is 5. The van der Waals surface area contributed by atoms with E-state index >= 15 is 0 Å². The van der Waals surface area contributed by atoms with Crippen LogP contribution in [0.5, 0.6) is 5.75 Å². The Labute approximate surface area is 199 Å². The third-order valence-corrected chi connectivity index (χ3v) is 8.23. The zero-order chi connectivity index (χ0) is 24.6. The first-order valence-electron chi connectivity index (χ1n) is 9.86. The number of nitrogens with zero attached hydrogens (tertiary/aromatic N) is 1. The Balaban J connectivity index is 1.72. The van der Waals surface area contributed by atoms with Crippen molar-refractivity contribution in [2.75, 3.05) is 25.5 Å². The SMILES string of the molecule is COc1cc(Cl)c(C)cc1NC(=O)C1CCN(S(=O)(=O)c2cc(C(F)(F)F)ccc2Cl)CC1. The van der Waals surface area contributed by atoms with Gasteiger partial charge in [0, 0.05) is 30.1 Å². The number of piperidine rings is 1. The lowest BCUT2D eigenvalue weighted by Gasteiger charge is -2.31. The van der Waals surface area contributed by atoms with Crippen molar-refractivity contribution in [3.05, 3.63) is 51.5 Å². The van der Waals surface area contributed by atoms with Crippen molar-refractivity contribution in [2.24, 2.45) is 5.92 Å². The fraction of sp³-hybridized carbons (Fsp3) is 0.381. The first-order valence-corrected chi connectivity index (χ1v) is 12.1. The second-order valence-corrected chi connectivity index (χ2v) is 10.3. The van der Waals surface area contributed by atoms with Crippen molar-refractivity contribution in [3.8, 4) is 5.75 Å². The number of sulfonamides is 1. The minimum absolute atomic E-state index is 0.0379. The Bertz CT molecular complexity index is 1160. The summed E-state index contributed by atoms with van der Waals surface area (Å²) in [6.45, 7) is 1.70. The average Bonchev–Trinajstić information content (AvgIpc) is 2.75. The Hall–Kier alpha value is -2.01. The number of carbonyl (C=O) groups excluding carboxylic acids is 1. The molecule has 1 fully saturated rings. The summed E-state index contributed by atoms with van der Waals surface area (Å²) in [5.74, 6) is -0.420. The number of benzene rings is 2. The van der Waals surface area contributed by atoms with Crippen LogP contribution in [0, 0.1) is 12.8 Å². The van der Waals surface area contributed by atoms with Crippen molar-refractivity contribution in [2.45, 2.75) is 30.8 Å². The van der Waals surface area contributed by atoms with Gasteiger partial charge in [0.25, 0.3) is 0 Å². The van der Waals surface area contributed by atoms with E-state index in [1.165, 1.54) is 7.11 Å². The van der Waals surface area contributed by atoms with Crippen molar-refractivity contribution in [3.63, 3.8) is 0 Å². The van der Waals surface area contributed by atoms with Crippen LogP contribution in [0.25, 0.3) is 0 Å². The summed E-state index contributed by atoms with van der Waals surface area (Å²) in [5, 5.41) is 2.97. The van der Waals surface area contributed by atoms with E-state index in [2.05, 4.69) is 5.32 Å². The summed E-state index contributed by atoms with van der Waals surface area (Å²) >= 11 is 12.0. The van der Waals surface area contributed by atoms with Gasteiger partial charge in [0.15, 0.2) is 0 Å². The highest BCUT2D eigenvalue weighted by Gasteiger charge is 2.36. The smallest absolute Gasteiger partial charge is 0.416 e. The molecule has 0 radical (unpaired) electrons. The van der Waals surface area contributed by atoms with Crippen LogP contribution < -0.4 is 10.1 Å². The van der Waals surface area contributed by atoms with E-state index in [1.807, 2.05) is 0 Å². The molecule has 0 unspecified atom stereocenters. The highest BCUT2D eigenvalue weighted by Crippen LogP contribution is 2.36. The van der Waals surface area contributed by atoms with E-state index < -0.39 is 32.6 Å². The second-order valence-electron chi connectivity index (χ2n) is 7.61. The van der Waals surface area contributed by atoms with Crippen LogP contribution in [0.4, 0.5) is 18.9 Å². The molecule has 12 heteroatoms. The zero-order valence-corrected chi connectivity index (χ0v) is 20.0. The van der Waals surface area contributed by atoms with Gasteiger partial charge in [0.05, 0.1) is 23.4 Å². The minimum Gasteiger partial charge on any atom is -0.495 e. The molecule has 180 valence electrons. The van der Waals surface area contributed by atoms with Crippen LogP contribution in [0.15, 0.2) is 35.2 Å². The quantitative estimate of drug-likeness (QED) is 0.570. The standard InChI is InChI=1S/C21H21Cl2F3N2O4S/c1-12-9-17(18(32-2)11-16(12)23)27-20(29)13-5-7-28(8-6-13)33(30,31)19-10-14(21(24,25)26)3-4-15(19)22/h3-4,9-11,13H,5-8H2,1-2H3,(H,27,29). The summed E-state index contributed by atoms with van der Waals surface area (Å²) in [5.41, 5.74) is 0.0776. The maximum atomic E-state index is 13.0. The van der Waals surface area contributed by atoms with Gasteiger partial charge < -0.3 is 10.1 Å². The summed E-state index contributed by atoms with van der Waals surface area (Å²) in [6, 6.07) is 5.43. The number of amides is 1. The topological polar surface area (TPSA) is 75.7 Å². The van der Waals surface area contributed by atoms with E-state index in [0.717, 1.165) is 22.0 Å². The van der Waals surface area contributed by atoms with Crippen LogP contribution >= 0.6 is 23.2 Å². The fourth-order valence-corrected chi connectivity index (χ4v) is 5.66.